The lowest BCUT2D eigenvalue weighted by Crippen LogP contribution is -2.23. The molecule has 0 rings (SSSR count). The molecule has 196 valence electrons. The summed E-state index contributed by atoms with van der Waals surface area (Å²) in [6.45, 7) is 5.31. The summed E-state index contributed by atoms with van der Waals surface area (Å²) in [5.74, 6) is -0.231. The fraction of sp³-hybridized carbons (Fsp3) is 0.900. The molecular weight excluding hydrogens is 406 g/mol. The number of primary amides is 1. The number of hydrogen-bond donors (Lipinski definition) is 1. The third kappa shape index (κ3) is 27.3. The molecule has 1 unspecified atom stereocenters. The smallest absolute Gasteiger partial charge is 0.220 e. The van der Waals surface area contributed by atoms with E-state index in [1.807, 2.05) is 0 Å². The van der Waals surface area contributed by atoms with Gasteiger partial charge >= 0.3 is 0 Å². The molecule has 3 nitrogen and oxygen atoms in total. The number of amides is 1. The Hall–Kier alpha value is -0.830. The van der Waals surface area contributed by atoms with E-state index in [1.54, 1.807) is 0 Å². The molecule has 0 aromatic rings. The van der Waals surface area contributed by atoms with E-state index in [0.717, 1.165) is 25.9 Å². The quantitative estimate of drug-likeness (QED) is 0.0969. The topological polar surface area (TPSA) is 52.3 Å². The van der Waals surface area contributed by atoms with E-state index < -0.39 is 0 Å². The van der Waals surface area contributed by atoms with Crippen molar-refractivity contribution >= 4 is 5.91 Å². The van der Waals surface area contributed by atoms with Crippen LogP contribution in [0.2, 0.25) is 0 Å². The third-order valence-corrected chi connectivity index (χ3v) is 6.57. The number of nitrogens with two attached hydrogens (primary N) is 1. The van der Waals surface area contributed by atoms with Gasteiger partial charge in [-0.1, -0.05) is 129 Å². The highest BCUT2D eigenvalue weighted by atomic mass is 16.5. The Kier molecular flexibility index (Phi) is 26.7. The van der Waals surface area contributed by atoms with Gasteiger partial charge in [0.25, 0.3) is 0 Å². The second-order valence-electron chi connectivity index (χ2n) is 10.0. The molecule has 0 aliphatic carbocycles. The normalized spacial score (nSPS) is 12.5. The maximum absolute atomic E-state index is 11.4. The van der Waals surface area contributed by atoms with Gasteiger partial charge in [0.1, 0.15) is 0 Å². The van der Waals surface area contributed by atoms with Crippen molar-refractivity contribution in [1.29, 1.82) is 0 Å². The molecule has 0 spiro atoms. The van der Waals surface area contributed by atoms with Gasteiger partial charge in [-0.25, -0.2) is 0 Å². The first-order valence-corrected chi connectivity index (χ1v) is 14.8. The molecule has 1 amide bonds. The van der Waals surface area contributed by atoms with E-state index in [-0.39, 0.29) is 12.0 Å². The summed E-state index contributed by atoms with van der Waals surface area (Å²) in [6, 6.07) is 0. The number of unbranched alkanes of at least 4 members (excludes halogenated alkanes) is 18. The number of carbonyl (C=O) groups is 1. The molecule has 0 aliphatic rings. The first kappa shape index (κ1) is 32.2. The van der Waals surface area contributed by atoms with Crippen LogP contribution in [0.3, 0.4) is 0 Å². The Morgan fingerprint density at radius 2 is 1.06 bits per heavy atom. The molecule has 0 aromatic heterocycles. The van der Waals surface area contributed by atoms with Crippen molar-refractivity contribution in [3.63, 3.8) is 0 Å². The van der Waals surface area contributed by atoms with Crippen molar-refractivity contribution in [3.05, 3.63) is 12.2 Å². The van der Waals surface area contributed by atoms with E-state index in [0.29, 0.717) is 6.42 Å². The molecule has 0 aliphatic heterocycles. The van der Waals surface area contributed by atoms with E-state index in [2.05, 4.69) is 26.0 Å². The second kappa shape index (κ2) is 27.4. The summed E-state index contributed by atoms with van der Waals surface area (Å²) in [6.07, 6.45) is 33.6. The van der Waals surface area contributed by atoms with Crippen LogP contribution < -0.4 is 5.73 Å². The van der Waals surface area contributed by atoms with Gasteiger partial charge < -0.3 is 10.5 Å². The van der Waals surface area contributed by atoms with Gasteiger partial charge in [-0.15, -0.1) is 0 Å². The lowest BCUT2D eigenvalue weighted by atomic mass is 10.0. The van der Waals surface area contributed by atoms with Gasteiger partial charge in [-0.05, 0) is 38.5 Å². The van der Waals surface area contributed by atoms with Crippen LogP contribution in [-0.4, -0.2) is 18.6 Å². The van der Waals surface area contributed by atoms with E-state index >= 15 is 0 Å². The fourth-order valence-corrected chi connectivity index (χ4v) is 4.40. The third-order valence-electron chi connectivity index (χ3n) is 6.57. The highest BCUT2D eigenvalue weighted by Crippen LogP contribution is 2.15. The van der Waals surface area contributed by atoms with E-state index in [9.17, 15) is 4.79 Å². The lowest BCUT2D eigenvalue weighted by molar-refractivity contribution is -0.121. The predicted molar refractivity (Wildman–Crippen MR) is 146 cm³/mol. The molecule has 1 atom stereocenters. The first-order valence-electron chi connectivity index (χ1n) is 14.8. The van der Waals surface area contributed by atoms with E-state index in [4.69, 9.17) is 10.5 Å². The Morgan fingerprint density at radius 3 is 1.58 bits per heavy atom. The Labute approximate surface area is 207 Å². The van der Waals surface area contributed by atoms with Crippen LogP contribution in [0.1, 0.15) is 162 Å². The summed E-state index contributed by atoms with van der Waals surface area (Å²) in [5.41, 5.74) is 5.44. The minimum Gasteiger partial charge on any atom is -0.378 e. The molecule has 0 aromatic carbocycles. The van der Waals surface area contributed by atoms with Gasteiger partial charge in [0, 0.05) is 6.61 Å². The molecule has 0 bridgehead atoms. The highest BCUT2D eigenvalue weighted by Gasteiger charge is 2.12. The SMILES string of the molecule is CCCCCC/C=C\CCCCCCCCOC(CCCCCCCCCCC)CC(N)=O. The summed E-state index contributed by atoms with van der Waals surface area (Å²) < 4.78 is 6.02. The maximum atomic E-state index is 11.4. The fourth-order valence-electron chi connectivity index (χ4n) is 4.40. The molecule has 2 N–H and O–H groups in total. The lowest BCUT2D eigenvalue weighted by Gasteiger charge is -2.16. The first-order chi connectivity index (χ1) is 16.2. The van der Waals surface area contributed by atoms with Crippen molar-refractivity contribution in [1.82, 2.24) is 0 Å². The molecule has 3 heteroatoms. The average Bonchev–Trinajstić information content (AvgIpc) is 2.80. The minimum absolute atomic E-state index is 0.0285. The molecule has 0 saturated carbocycles. The standard InChI is InChI=1S/C30H59NO2/c1-3-5-7-9-11-13-14-15-16-17-19-21-23-25-27-33-29(28-30(31)32)26-24-22-20-18-12-10-8-6-4-2/h13-14,29H,3-12,15-28H2,1-2H3,(H2,31,32)/b14-13-. The number of carbonyl (C=O) groups excluding carboxylic acids is 1. The molecular formula is C30H59NO2. The molecule has 0 radical (unpaired) electrons. The van der Waals surface area contributed by atoms with Crippen LogP contribution in [0.25, 0.3) is 0 Å². The summed E-state index contributed by atoms with van der Waals surface area (Å²) >= 11 is 0. The predicted octanol–water partition coefficient (Wildman–Crippen LogP) is 9.43. The Balaban J connectivity index is 3.54. The van der Waals surface area contributed by atoms with E-state index in [1.165, 1.54) is 122 Å². The molecule has 0 fully saturated rings. The van der Waals surface area contributed by atoms with Crippen LogP contribution >= 0.6 is 0 Å². The van der Waals surface area contributed by atoms with Crippen LogP contribution in [0, 0.1) is 0 Å². The van der Waals surface area contributed by atoms with Crippen molar-refractivity contribution in [2.45, 2.75) is 168 Å². The van der Waals surface area contributed by atoms with Gasteiger partial charge in [-0.3, -0.25) is 4.79 Å². The minimum atomic E-state index is -0.231. The second-order valence-corrected chi connectivity index (χ2v) is 10.0. The summed E-state index contributed by atoms with van der Waals surface area (Å²) in [7, 11) is 0. The number of ether oxygens (including phenoxy) is 1. The van der Waals surface area contributed by atoms with Crippen LogP contribution in [0.15, 0.2) is 12.2 Å². The monoisotopic (exact) mass is 465 g/mol. The van der Waals surface area contributed by atoms with Crippen LogP contribution in [0.4, 0.5) is 0 Å². The van der Waals surface area contributed by atoms with Crippen molar-refractivity contribution in [2.75, 3.05) is 6.61 Å². The zero-order chi connectivity index (χ0) is 24.2. The van der Waals surface area contributed by atoms with Crippen molar-refractivity contribution < 1.29 is 9.53 Å². The highest BCUT2D eigenvalue weighted by molar-refractivity contribution is 5.74. The molecule has 0 saturated heterocycles. The van der Waals surface area contributed by atoms with Crippen molar-refractivity contribution in [2.24, 2.45) is 5.73 Å². The summed E-state index contributed by atoms with van der Waals surface area (Å²) in [4.78, 5) is 11.4. The van der Waals surface area contributed by atoms with Crippen LogP contribution in [-0.2, 0) is 9.53 Å². The Morgan fingerprint density at radius 1 is 0.636 bits per heavy atom. The van der Waals surface area contributed by atoms with Crippen molar-refractivity contribution in [3.8, 4) is 0 Å². The average molecular weight is 466 g/mol. The zero-order valence-electron chi connectivity index (χ0n) is 22.6. The van der Waals surface area contributed by atoms with Gasteiger partial charge in [0.15, 0.2) is 0 Å². The largest absolute Gasteiger partial charge is 0.378 e. The number of allylic oxidation sites excluding steroid dienone is 2. The number of rotatable bonds is 27. The maximum Gasteiger partial charge on any atom is 0.220 e. The summed E-state index contributed by atoms with van der Waals surface area (Å²) in [5, 5.41) is 0. The molecule has 0 heterocycles. The zero-order valence-corrected chi connectivity index (χ0v) is 22.6. The van der Waals surface area contributed by atoms with Gasteiger partial charge in [0.2, 0.25) is 5.91 Å². The Bertz CT molecular complexity index is 422. The van der Waals surface area contributed by atoms with Crippen LogP contribution in [0.5, 0.6) is 0 Å². The molecule has 33 heavy (non-hydrogen) atoms. The van der Waals surface area contributed by atoms with Gasteiger partial charge in [0.05, 0.1) is 12.5 Å². The number of hydrogen-bond acceptors (Lipinski definition) is 2. The van der Waals surface area contributed by atoms with Gasteiger partial charge in [-0.2, -0.15) is 0 Å².